The Kier molecular flexibility index (Phi) is 3.35. The van der Waals surface area contributed by atoms with Crippen molar-refractivity contribution in [3.05, 3.63) is 20.2 Å². The van der Waals surface area contributed by atoms with Crippen LogP contribution in [-0.4, -0.2) is 37.9 Å². The minimum atomic E-state index is -0.827. The molecule has 1 aromatic heterocycles. The molecule has 10 nitrogen and oxygen atoms in total. The molecule has 16 heavy (non-hydrogen) atoms. The van der Waals surface area contributed by atoms with Crippen LogP contribution in [0, 0.1) is 20.2 Å². The molecule has 0 unspecified atom stereocenters. The monoisotopic (exact) mass is 231 g/mol. The summed E-state index contributed by atoms with van der Waals surface area (Å²) < 4.78 is 0.803. The molecule has 0 fully saturated rings. The van der Waals surface area contributed by atoms with Crippen LogP contribution in [0.25, 0.3) is 0 Å². The Morgan fingerprint density at radius 2 is 2.06 bits per heavy atom. The van der Waals surface area contributed by atoms with Crippen molar-refractivity contribution in [2.45, 2.75) is 0 Å². The Balaban J connectivity index is 3.25. The fourth-order valence-electron chi connectivity index (χ4n) is 1.18. The van der Waals surface area contributed by atoms with Crippen molar-refractivity contribution in [1.29, 1.82) is 0 Å². The van der Waals surface area contributed by atoms with E-state index in [1.54, 1.807) is 0 Å². The molecule has 2 N–H and O–H groups in total. The van der Waals surface area contributed by atoms with Crippen molar-refractivity contribution in [2.75, 3.05) is 18.5 Å². The van der Waals surface area contributed by atoms with Gasteiger partial charge in [0.05, 0.1) is 6.61 Å². The minimum absolute atomic E-state index is 0.0344. The summed E-state index contributed by atoms with van der Waals surface area (Å²) in [4.78, 5) is 19.6. The molecule has 0 saturated heterocycles. The standard InChI is InChI=1S/C6H9N5O5/c1-9-6(11(15)16)4(7-2-3-12)5(8-9)10(13)14/h7,12H,2-3H2,1H3. The quantitative estimate of drug-likeness (QED) is 0.521. The second-order valence-electron chi connectivity index (χ2n) is 2.81. The average Bonchev–Trinajstić information content (AvgIpc) is 2.52. The van der Waals surface area contributed by atoms with Crippen molar-refractivity contribution in [2.24, 2.45) is 7.05 Å². The maximum absolute atomic E-state index is 10.7. The summed E-state index contributed by atoms with van der Waals surface area (Å²) in [5.41, 5.74) is -0.299. The molecule has 0 amide bonds. The maximum atomic E-state index is 10.7. The Hall–Kier alpha value is -2.23. The van der Waals surface area contributed by atoms with Crippen LogP contribution in [0.5, 0.6) is 0 Å². The highest BCUT2D eigenvalue weighted by atomic mass is 16.6. The largest absolute Gasteiger partial charge is 0.443 e. The van der Waals surface area contributed by atoms with Gasteiger partial charge in [-0.25, -0.2) is 0 Å². The third-order valence-corrected chi connectivity index (χ3v) is 1.76. The Labute approximate surface area is 88.8 Å². The first kappa shape index (κ1) is 11.8. The highest BCUT2D eigenvalue weighted by Gasteiger charge is 2.34. The number of aliphatic hydroxyl groups is 1. The van der Waals surface area contributed by atoms with Crippen molar-refractivity contribution >= 4 is 17.3 Å². The minimum Gasteiger partial charge on any atom is -0.395 e. The molecular weight excluding hydrogens is 222 g/mol. The molecule has 0 aliphatic heterocycles. The summed E-state index contributed by atoms with van der Waals surface area (Å²) >= 11 is 0. The van der Waals surface area contributed by atoms with Gasteiger partial charge in [0.25, 0.3) is 0 Å². The lowest BCUT2D eigenvalue weighted by molar-refractivity contribution is -0.393. The van der Waals surface area contributed by atoms with Gasteiger partial charge in [0, 0.05) is 6.54 Å². The number of aryl methyl sites for hydroxylation is 1. The molecule has 0 aromatic carbocycles. The molecule has 1 aromatic rings. The summed E-state index contributed by atoms with van der Waals surface area (Å²) in [6.07, 6.45) is 0. The first-order valence-corrected chi connectivity index (χ1v) is 4.19. The molecule has 0 radical (unpaired) electrons. The van der Waals surface area contributed by atoms with E-state index in [4.69, 9.17) is 5.11 Å². The van der Waals surface area contributed by atoms with Gasteiger partial charge in [-0.1, -0.05) is 0 Å². The smallest absolute Gasteiger partial charge is 0.395 e. The number of nitrogens with zero attached hydrogens (tertiary/aromatic N) is 4. The summed E-state index contributed by atoms with van der Waals surface area (Å²) in [6.45, 7) is -0.337. The van der Waals surface area contributed by atoms with E-state index >= 15 is 0 Å². The van der Waals surface area contributed by atoms with Gasteiger partial charge in [-0.05, 0) is 14.5 Å². The number of anilines is 1. The number of aliphatic hydroxyl groups excluding tert-OH is 1. The molecule has 1 heterocycles. The van der Waals surface area contributed by atoms with Crippen molar-refractivity contribution < 1.29 is 15.0 Å². The fraction of sp³-hybridized carbons (Fsp3) is 0.500. The lowest BCUT2D eigenvalue weighted by atomic mass is 10.4. The molecule has 0 saturated carbocycles. The van der Waals surface area contributed by atoms with E-state index in [0.29, 0.717) is 0 Å². The molecule has 0 aliphatic carbocycles. The number of rotatable bonds is 5. The van der Waals surface area contributed by atoms with Gasteiger partial charge in [0.1, 0.15) is 7.05 Å². The van der Waals surface area contributed by atoms with Gasteiger partial charge in [-0.3, -0.25) is 0 Å². The van der Waals surface area contributed by atoms with Crippen LogP contribution in [0.15, 0.2) is 0 Å². The zero-order chi connectivity index (χ0) is 12.3. The van der Waals surface area contributed by atoms with Gasteiger partial charge in [-0.15, -0.1) is 0 Å². The number of nitro groups is 2. The second kappa shape index (κ2) is 4.53. The van der Waals surface area contributed by atoms with E-state index in [1.807, 2.05) is 0 Å². The first-order chi connectivity index (χ1) is 7.49. The van der Waals surface area contributed by atoms with Gasteiger partial charge >= 0.3 is 11.6 Å². The number of nitrogens with one attached hydrogen (secondary N) is 1. The predicted molar refractivity (Wildman–Crippen MR) is 52.1 cm³/mol. The summed E-state index contributed by atoms with van der Waals surface area (Å²) in [5.74, 6) is -1.15. The molecule has 1 rings (SSSR count). The van der Waals surface area contributed by atoms with Crippen molar-refractivity contribution in [3.8, 4) is 0 Å². The molecule has 88 valence electrons. The van der Waals surface area contributed by atoms with Crippen molar-refractivity contribution in [3.63, 3.8) is 0 Å². The third-order valence-electron chi connectivity index (χ3n) is 1.76. The predicted octanol–water partition coefficient (Wildman–Crippen LogP) is -0.359. The molecule has 0 atom stereocenters. The van der Waals surface area contributed by atoms with Gasteiger partial charge in [-0.2, -0.15) is 0 Å². The van der Waals surface area contributed by atoms with Crippen LogP contribution < -0.4 is 5.32 Å². The molecule has 10 heteroatoms. The van der Waals surface area contributed by atoms with E-state index in [9.17, 15) is 20.2 Å². The van der Waals surface area contributed by atoms with Gasteiger partial charge in [0.15, 0.2) is 5.10 Å². The summed E-state index contributed by atoms with van der Waals surface area (Å²) in [6, 6.07) is 0. The molecule has 0 bridgehead atoms. The third kappa shape index (κ3) is 2.06. The maximum Gasteiger partial charge on any atom is 0.443 e. The highest BCUT2D eigenvalue weighted by molar-refractivity contribution is 5.68. The number of hydrogen-bond donors (Lipinski definition) is 2. The lowest BCUT2D eigenvalue weighted by Gasteiger charge is -2.00. The molecule has 0 spiro atoms. The van der Waals surface area contributed by atoms with E-state index in [0.717, 1.165) is 4.68 Å². The number of aromatic nitrogens is 2. The van der Waals surface area contributed by atoms with E-state index < -0.39 is 21.5 Å². The Morgan fingerprint density at radius 3 is 2.50 bits per heavy atom. The second-order valence-corrected chi connectivity index (χ2v) is 2.81. The van der Waals surface area contributed by atoms with Crippen molar-refractivity contribution in [1.82, 2.24) is 9.78 Å². The normalized spacial score (nSPS) is 10.1. The lowest BCUT2D eigenvalue weighted by Crippen LogP contribution is -2.08. The summed E-state index contributed by atoms with van der Waals surface area (Å²) in [5, 5.41) is 35.6. The van der Waals surface area contributed by atoms with Crippen LogP contribution >= 0.6 is 0 Å². The van der Waals surface area contributed by atoms with E-state index in [2.05, 4.69) is 10.4 Å². The first-order valence-electron chi connectivity index (χ1n) is 4.19. The molecular formula is C6H9N5O5. The van der Waals surface area contributed by atoms with E-state index in [1.165, 1.54) is 7.05 Å². The SMILES string of the molecule is Cn1nc([N+](=O)[O-])c(NCCO)c1[N+](=O)[O-]. The van der Waals surface area contributed by atoms with Crippen LogP contribution in [0.4, 0.5) is 17.3 Å². The van der Waals surface area contributed by atoms with Crippen LogP contribution in [0.3, 0.4) is 0 Å². The highest BCUT2D eigenvalue weighted by Crippen LogP contribution is 2.32. The fourth-order valence-corrected chi connectivity index (χ4v) is 1.18. The van der Waals surface area contributed by atoms with Crippen LogP contribution in [-0.2, 0) is 7.05 Å². The average molecular weight is 231 g/mol. The zero-order valence-corrected chi connectivity index (χ0v) is 8.28. The molecule has 0 aliphatic rings. The number of hydrogen-bond acceptors (Lipinski definition) is 7. The Bertz CT molecular complexity index is 427. The van der Waals surface area contributed by atoms with Gasteiger partial charge in [0.2, 0.25) is 5.69 Å². The van der Waals surface area contributed by atoms with Crippen LogP contribution in [0.1, 0.15) is 0 Å². The van der Waals surface area contributed by atoms with E-state index in [-0.39, 0.29) is 18.8 Å². The summed E-state index contributed by atoms with van der Waals surface area (Å²) in [7, 11) is 1.23. The topological polar surface area (TPSA) is 136 Å². The van der Waals surface area contributed by atoms with Crippen LogP contribution in [0.2, 0.25) is 0 Å². The van der Waals surface area contributed by atoms with Gasteiger partial charge < -0.3 is 30.7 Å². The Morgan fingerprint density at radius 1 is 1.44 bits per heavy atom. The zero-order valence-electron chi connectivity index (χ0n) is 8.28.